The van der Waals surface area contributed by atoms with Crippen LogP contribution in [0.5, 0.6) is 0 Å². The minimum atomic E-state index is -3.95. The zero-order valence-corrected chi connectivity index (χ0v) is 17.8. The summed E-state index contributed by atoms with van der Waals surface area (Å²) in [6.07, 6.45) is 0. The molecule has 0 spiro atoms. The van der Waals surface area contributed by atoms with E-state index >= 15 is 0 Å². The third-order valence-electron chi connectivity index (χ3n) is 5.24. The fourth-order valence-corrected chi connectivity index (χ4v) is 4.73. The molecule has 1 aliphatic rings. The zero-order chi connectivity index (χ0) is 22.2. The highest BCUT2D eigenvalue weighted by molar-refractivity contribution is 7.90. The first-order chi connectivity index (χ1) is 14.7. The van der Waals surface area contributed by atoms with Gasteiger partial charge in [-0.15, -0.1) is 0 Å². The van der Waals surface area contributed by atoms with E-state index in [2.05, 4.69) is 15.0 Å². The van der Waals surface area contributed by atoms with Crippen molar-refractivity contribution in [2.45, 2.75) is 31.2 Å². The number of guanidine groups is 1. The van der Waals surface area contributed by atoms with Crippen LogP contribution in [0.1, 0.15) is 35.1 Å². The molecule has 160 valence electrons. The van der Waals surface area contributed by atoms with Crippen LogP contribution in [0, 0.1) is 18.6 Å². The van der Waals surface area contributed by atoms with Crippen LogP contribution in [0.25, 0.3) is 0 Å². The lowest BCUT2D eigenvalue weighted by Crippen LogP contribution is -2.41. The lowest BCUT2D eigenvalue weighted by atomic mass is 9.91. The van der Waals surface area contributed by atoms with Crippen molar-refractivity contribution in [3.05, 3.63) is 94.6 Å². The molecule has 0 unspecified atom stereocenters. The Balaban J connectivity index is 1.75. The van der Waals surface area contributed by atoms with Gasteiger partial charge in [0.25, 0.3) is 10.0 Å². The van der Waals surface area contributed by atoms with E-state index in [0.29, 0.717) is 5.56 Å². The van der Waals surface area contributed by atoms with E-state index in [-0.39, 0.29) is 28.7 Å². The second kappa shape index (κ2) is 8.11. The molecule has 1 atom stereocenters. The Morgan fingerprint density at radius 3 is 2.48 bits per heavy atom. The zero-order valence-electron chi connectivity index (χ0n) is 17.0. The van der Waals surface area contributed by atoms with Crippen LogP contribution in [0.15, 0.2) is 70.6 Å². The summed E-state index contributed by atoms with van der Waals surface area (Å²) in [7, 11) is -3.95. The summed E-state index contributed by atoms with van der Waals surface area (Å²) in [5.74, 6) is -1.36. The number of sulfonamides is 1. The molecule has 8 heteroatoms. The highest BCUT2D eigenvalue weighted by Crippen LogP contribution is 2.38. The Morgan fingerprint density at radius 1 is 1.03 bits per heavy atom. The van der Waals surface area contributed by atoms with Gasteiger partial charge in [-0.3, -0.25) is 0 Å². The highest BCUT2D eigenvalue weighted by atomic mass is 32.2. The first-order valence-corrected chi connectivity index (χ1v) is 11.2. The fraction of sp³-hybridized carbons (Fsp3) is 0.174. The molecular weight excluding hydrogens is 420 g/mol. The van der Waals surface area contributed by atoms with Gasteiger partial charge in [0.2, 0.25) is 5.96 Å². The Kier molecular flexibility index (Phi) is 5.49. The van der Waals surface area contributed by atoms with Crippen molar-refractivity contribution in [3.8, 4) is 0 Å². The van der Waals surface area contributed by atoms with E-state index in [1.807, 2.05) is 38.1 Å². The van der Waals surface area contributed by atoms with E-state index in [1.54, 1.807) is 12.1 Å². The third-order valence-corrected chi connectivity index (χ3v) is 6.62. The summed E-state index contributed by atoms with van der Waals surface area (Å²) in [5, 5.41) is 2.93. The van der Waals surface area contributed by atoms with Crippen molar-refractivity contribution >= 4 is 21.7 Å². The van der Waals surface area contributed by atoms with Gasteiger partial charge in [0.05, 0.1) is 12.2 Å². The fourth-order valence-electron chi connectivity index (χ4n) is 3.58. The molecule has 0 saturated heterocycles. The maximum atomic E-state index is 14.9. The van der Waals surface area contributed by atoms with Crippen LogP contribution < -0.4 is 10.0 Å². The largest absolute Gasteiger partial charge is 0.324 e. The van der Waals surface area contributed by atoms with Crippen LogP contribution in [0.4, 0.5) is 14.5 Å². The molecule has 1 aliphatic heterocycles. The number of nitrogens with zero attached hydrogens (tertiary/aromatic N) is 1. The van der Waals surface area contributed by atoms with Crippen LogP contribution in [0.3, 0.4) is 0 Å². The average Bonchev–Trinajstić information content (AvgIpc) is 2.72. The van der Waals surface area contributed by atoms with Crippen molar-refractivity contribution < 1.29 is 17.2 Å². The van der Waals surface area contributed by atoms with E-state index in [0.717, 1.165) is 17.2 Å². The standard InChI is InChI=1S/C23H21F2N3O2S/c1-14-6-8-17(9-7-14)15(2)21-19(25)10-11-20-22(21)27-23(28-31(20,29)30)26-13-16-4-3-5-18(24)12-16/h3-12,15H,13H2,1-2H3,(H2,26,27,28)/t15-/m0/s1. The highest BCUT2D eigenvalue weighted by Gasteiger charge is 2.32. The maximum Gasteiger partial charge on any atom is 0.266 e. The van der Waals surface area contributed by atoms with E-state index in [1.165, 1.54) is 18.2 Å². The van der Waals surface area contributed by atoms with Crippen molar-refractivity contribution in [3.63, 3.8) is 0 Å². The summed E-state index contributed by atoms with van der Waals surface area (Å²) in [6.45, 7) is 3.83. The van der Waals surface area contributed by atoms with E-state index in [9.17, 15) is 17.2 Å². The second-order valence-corrected chi connectivity index (χ2v) is 9.14. The van der Waals surface area contributed by atoms with Gasteiger partial charge in [-0.05, 0) is 42.3 Å². The number of aliphatic imine (C=N–C) groups is 1. The molecule has 0 saturated carbocycles. The van der Waals surface area contributed by atoms with Crippen LogP contribution in [-0.2, 0) is 16.6 Å². The predicted octanol–water partition coefficient (Wildman–Crippen LogP) is 4.69. The van der Waals surface area contributed by atoms with Crippen molar-refractivity contribution in [2.75, 3.05) is 5.32 Å². The number of hydrogen-bond donors (Lipinski definition) is 2. The molecule has 2 N–H and O–H groups in total. The molecule has 4 rings (SSSR count). The van der Waals surface area contributed by atoms with Crippen LogP contribution in [0.2, 0.25) is 0 Å². The molecule has 5 nitrogen and oxygen atoms in total. The lowest BCUT2D eigenvalue weighted by Gasteiger charge is -2.26. The number of anilines is 1. The van der Waals surface area contributed by atoms with Crippen molar-refractivity contribution in [1.82, 2.24) is 4.72 Å². The molecule has 3 aromatic rings. The summed E-state index contributed by atoms with van der Waals surface area (Å²) >= 11 is 0. The molecule has 1 heterocycles. The van der Waals surface area contributed by atoms with Crippen molar-refractivity contribution in [2.24, 2.45) is 4.99 Å². The number of halogens is 2. The molecule has 0 fully saturated rings. The summed E-state index contributed by atoms with van der Waals surface area (Å²) in [5.41, 5.74) is 2.90. The smallest absolute Gasteiger partial charge is 0.266 e. The Bertz CT molecular complexity index is 1270. The van der Waals surface area contributed by atoms with Gasteiger partial charge in [0.1, 0.15) is 16.5 Å². The van der Waals surface area contributed by atoms with Crippen molar-refractivity contribution in [1.29, 1.82) is 0 Å². The molecular formula is C23H21F2N3O2S. The number of aryl methyl sites for hydroxylation is 1. The maximum absolute atomic E-state index is 14.9. The number of nitrogens with one attached hydrogen (secondary N) is 2. The monoisotopic (exact) mass is 441 g/mol. The van der Waals surface area contributed by atoms with E-state index in [4.69, 9.17) is 0 Å². The predicted molar refractivity (Wildman–Crippen MR) is 117 cm³/mol. The quantitative estimate of drug-likeness (QED) is 0.617. The average molecular weight is 442 g/mol. The molecule has 0 aromatic heterocycles. The minimum Gasteiger partial charge on any atom is -0.324 e. The van der Waals surface area contributed by atoms with Gasteiger partial charge in [0.15, 0.2) is 0 Å². The molecule has 0 amide bonds. The molecule has 0 bridgehead atoms. The van der Waals surface area contributed by atoms with Gasteiger partial charge in [-0.2, -0.15) is 0 Å². The first-order valence-electron chi connectivity index (χ1n) is 9.72. The summed E-state index contributed by atoms with van der Waals surface area (Å²) in [4.78, 5) is 4.18. The Hall–Kier alpha value is -3.26. The SMILES string of the molecule is Cc1ccc([C@H](C)c2c(F)ccc3c2NC(=NCc2cccc(F)c2)NS3(=O)=O)cc1. The third kappa shape index (κ3) is 4.29. The Morgan fingerprint density at radius 2 is 1.77 bits per heavy atom. The number of rotatable bonds is 4. The Labute approximate surface area is 179 Å². The first kappa shape index (κ1) is 21.0. The minimum absolute atomic E-state index is 0.0419. The molecule has 3 aromatic carbocycles. The number of fused-ring (bicyclic) bond motifs is 1. The van der Waals surface area contributed by atoms with Crippen LogP contribution in [-0.4, -0.2) is 14.4 Å². The van der Waals surface area contributed by atoms with Gasteiger partial charge < -0.3 is 5.32 Å². The second-order valence-electron chi connectivity index (χ2n) is 7.49. The normalized spacial score (nSPS) is 16.8. The molecule has 0 radical (unpaired) electrons. The summed E-state index contributed by atoms with van der Waals surface area (Å²) in [6, 6.07) is 15.9. The van der Waals surface area contributed by atoms with Crippen LogP contribution >= 0.6 is 0 Å². The molecule has 0 aliphatic carbocycles. The lowest BCUT2D eigenvalue weighted by molar-refractivity contribution is 0.586. The number of benzene rings is 3. The van der Waals surface area contributed by atoms with Gasteiger partial charge in [0, 0.05) is 11.5 Å². The van der Waals surface area contributed by atoms with Gasteiger partial charge in [-0.1, -0.05) is 48.9 Å². The molecule has 31 heavy (non-hydrogen) atoms. The number of hydrogen-bond acceptors (Lipinski definition) is 3. The van der Waals surface area contributed by atoms with Gasteiger partial charge in [-0.25, -0.2) is 26.9 Å². The summed E-state index contributed by atoms with van der Waals surface area (Å²) < 4.78 is 56.3. The topological polar surface area (TPSA) is 70.6 Å². The van der Waals surface area contributed by atoms with E-state index < -0.39 is 27.6 Å². The van der Waals surface area contributed by atoms with Gasteiger partial charge >= 0.3 is 0 Å².